The number of amides is 1. The van der Waals surface area contributed by atoms with E-state index in [0.29, 0.717) is 12.2 Å². The van der Waals surface area contributed by atoms with E-state index < -0.39 is 21.8 Å². The number of fused-ring (bicyclic) bond motifs is 2. The van der Waals surface area contributed by atoms with Crippen molar-refractivity contribution in [1.29, 1.82) is 0 Å². The lowest BCUT2D eigenvalue weighted by atomic mass is 9.90. The van der Waals surface area contributed by atoms with Crippen LogP contribution < -0.4 is 9.46 Å². The van der Waals surface area contributed by atoms with Gasteiger partial charge in [-0.2, -0.15) is 0 Å². The molecule has 5 aromatic rings. The summed E-state index contributed by atoms with van der Waals surface area (Å²) >= 11 is 0. The highest BCUT2D eigenvalue weighted by molar-refractivity contribution is 7.90. The maximum Gasteiger partial charge on any atom is 0.264 e. The molecule has 0 spiro atoms. The van der Waals surface area contributed by atoms with Gasteiger partial charge in [-0.15, -0.1) is 0 Å². The third kappa shape index (κ3) is 4.95. The summed E-state index contributed by atoms with van der Waals surface area (Å²) in [4.78, 5) is 13.6. The first kappa shape index (κ1) is 23.6. The van der Waals surface area contributed by atoms with Crippen LogP contribution in [-0.4, -0.2) is 21.4 Å². The fraction of sp³-hybridized carbons (Fsp3) is 0.100. The zero-order chi connectivity index (χ0) is 25.1. The fourth-order valence-corrected chi connectivity index (χ4v) is 5.47. The van der Waals surface area contributed by atoms with Gasteiger partial charge in [-0.25, -0.2) is 13.1 Å². The van der Waals surface area contributed by atoms with E-state index in [-0.39, 0.29) is 4.90 Å². The van der Waals surface area contributed by atoms with E-state index >= 15 is 0 Å². The van der Waals surface area contributed by atoms with Crippen molar-refractivity contribution in [3.63, 3.8) is 0 Å². The summed E-state index contributed by atoms with van der Waals surface area (Å²) in [5, 5.41) is 3.74. The lowest BCUT2D eigenvalue weighted by Crippen LogP contribution is -2.35. The predicted molar refractivity (Wildman–Crippen MR) is 143 cm³/mol. The second-order valence-electron chi connectivity index (χ2n) is 8.69. The zero-order valence-electron chi connectivity index (χ0n) is 19.7. The molecule has 5 rings (SSSR count). The molecule has 6 heteroatoms. The monoisotopic (exact) mass is 495 g/mol. The third-order valence-electron chi connectivity index (χ3n) is 6.33. The third-order valence-corrected chi connectivity index (χ3v) is 7.68. The summed E-state index contributed by atoms with van der Waals surface area (Å²) in [6, 6.07) is 33.4. The molecule has 0 aliphatic carbocycles. The standard InChI is InChI=1S/C30H25NO4S/c1-35-27-12-6-7-21(17-27)18-29(26-14-13-22-8-2-4-10-24(22)19-26)30(32)31-36(33,34)28-16-15-23-9-3-5-11-25(23)20-28/h2-17,19-20,29H,18H2,1H3,(H,31,32). The summed E-state index contributed by atoms with van der Waals surface area (Å²) in [7, 11) is -2.49. The van der Waals surface area contributed by atoms with Crippen LogP contribution in [0.5, 0.6) is 5.75 Å². The molecule has 36 heavy (non-hydrogen) atoms. The minimum Gasteiger partial charge on any atom is -0.497 e. The fourth-order valence-electron chi connectivity index (χ4n) is 4.42. The summed E-state index contributed by atoms with van der Waals surface area (Å²) in [5.41, 5.74) is 1.61. The molecule has 0 heterocycles. The molecule has 0 bridgehead atoms. The van der Waals surface area contributed by atoms with Crippen molar-refractivity contribution >= 4 is 37.5 Å². The predicted octanol–water partition coefficient (Wildman–Crippen LogP) is 5.83. The van der Waals surface area contributed by atoms with Gasteiger partial charge in [0.1, 0.15) is 5.75 Å². The molecule has 0 aliphatic rings. The minimum absolute atomic E-state index is 0.0493. The lowest BCUT2D eigenvalue weighted by molar-refractivity contribution is -0.120. The Bertz CT molecular complexity index is 1680. The quantitative estimate of drug-likeness (QED) is 0.308. The van der Waals surface area contributed by atoms with Crippen LogP contribution in [-0.2, 0) is 21.2 Å². The Morgan fingerprint density at radius 3 is 2.08 bits per heavy atom. The number of carbonyl (C=O) groups excluding carboxylic acids is 1. The van der Waals surface area contributed by atoms with E-state index in [2.05, 4.69) is 4.72 Å². The van der Waals surface area contributed by atoms with E-state index in [4.69, 9.17) is 4.74 Å². The number of methoxy groups -OCH3 is 1. The number of carbonyl (C=O) groups is 1. The van der Waals surface area contributed by atoms with Crippen LogP contribution in [0.3, 0.4) is 0 Å². The maximum absolute atomic E-state index is 13.6. The number of benzene rings is 5. The smallest absolute Gasteiger partial charge is 0.264 e. The molecule has 0 aliphatic heterocycles. The molecule has 1 atom stereocenters. The highest BCUT2D eigenvalue weighted by Crippen LogP contribution is 2.28. The number of ether oxygens (including phenoxy) is 1. The Morgan fingerprint density at radius 1 is 0.750 bits per heavy atom. The normalized spacial score (nSPS) is 12.4. The van der Waals surface area contributed by atoms with Crippen molar-refractivity contribution in [3.05, 3.63) is 120 Å². The van der Waals surface area contributed by atoms with E-state index in [1.165, 1.54) is 6.07 Å². The topological polar surface area (TPSA) is 72.5 Å². The van der Waals surface area contributed by atoms with E-state index in [1.807, 2.05) is 91.0 Å². The Labute approximate surface area is 210 Å². The van der Waals surface area contributed by atoms with Crippen LogP contribution >= 0.6 is 0 Å². The first-order chi connectivity index (χ1) is 17.4. The second kappa shape index (κ2) is 9.84. The molecule has 180 valence electrons. The maximum atomic E-state index is 13.6. The molecular formula is C30H25NO4S. The molecular weight excluding hydrogens is 470 g/mol. The van der Waals surface area contributed by atoms with Crippen LogP contribution in [0.15, 0.2) is 114 Å². The van der Waals surface area contributed by atoms with Crippen LogP contribution in [0.4, 0.5) is 0 Å². The van der Waals surface area contributed by atoms with Crippen molar-refractivity contribution < 1.29 is 17.9 Å². The van der Waals surface area contributed by atoms with Gasteiger partial charge in [0.15, 0.2) is 0 Å². The van der Waals surface area contributed by atoms with Gasteiger partial charge in [-0.1, -0.05) is 84.9 Å². The SMILES string of the molecule is COc1cccc(CC(C(=O)NS(=O)(=O)c2ccc3ccccc3c2)c2ccc3ccccc3c2)c1. The van der Waals surface area contributed by atoms with Crippen LogP contribution in [0.1, 0.15) is 17.0 Å². The van der Waals surface area contributed by atoms with Gasteiger partial charge in [0.25, 0.3) is 10.0 Å². The minimum atomic E-state index is -4.08. The van der Waals surface area contributed by atoms with Crippen LogP contribution in [0, 0.1) is 0 Å². The van der Waals surface area contributed by atoms with E-state index in [0.717, 1.165) is 32.7 Å². The van der Waals surface area contributed by atoms with Gasteiger partial charge in [0.05, 0.1) is 17.9 Å². The van der Waals surface area contributed by atoms with Crippen molar-refractivity contribution in [2.24, 2.45) is 0 Å². The average Bonchev–Trinajstić information content (AvgIpc) is 2.91. The van der Waals surface area contributed by atoms with Gasteiger partial charge in [-0.05, 0) is 63.4 Å². The van der Waals surface area contributed by atoms with Crippen molar-refractivity contribution in [2.75, 3.05) is 7.11 Å². The van der Waals surface area contributed by atoms with Crippen molar-refractivity contribution in [1.82, 2.24) is 4.72 Å². The molecule has 0 saturated carbocycles. The van der Waals surface area contributed by atoms with Crippen LogP contribution in [0.2, 0.25) is 0 Å². The summed E-state index contributed by atoms with van der Waals surface area (Å²) in [5.74, 6) is -0.632. The van der Waals surface area contributed by atoms with Gasteiger partial charge >= 0.3 is 0 Å². The van der Waals surface area contributed by atoms with E-state index in [9.17, 15) is 13.2 Å². The summed E-state index contributed by atoms with van der Waals surface area (Å²) in [6.07, 6.45) is 0.314. The number of sulfonamides is 1. The van der Waals surface area contributed by atoms with Crippen molar-refractivity contribution in [2.45, 2.75) is 17.2 Å². The Morgan fingerprint density at radius 2 is 1.39 bits per heavy atom. The van der Waals surface area contributed by atoms with E-state index in [1.54, 1.807) is 19.2 Å². The first-order valence-corrected chi connectivity index (χ1v) is 13.1. The van der Waals surface area contributed by atoms with Crippen LogP contribution in [0.25, 0.3) is 21.5 Å². The second-order valence-corrected chi connectivity index (χ2v) is 10.4. The number of rotatable bonds is 7. The summed E-state index contributed by atoms with van der Waals surface area (Å²) < 4.78 is 34.1. The molecule has 5 aromatic carbocycles. The van der Waals surface area contributed by atoms with Gasteiger partial charge < -0.3 is 4.74 Å². The van der Waals surface area contributed by atoms with Gasteiger partial charge in [0.2, 0.25) is 5.91 Å². The highest BCUT2D eigenvalue weighted by Gasteiger charge is 2.27. The zero-order valence-corrected chi connectivity index (χ0v) is 20.5. The molecule has 0 radical (unpaired) electrons. The largest absolute Gasteiger partial charge is 0.497 e. The molecule has 1 N–H and O–H groups in total. The Balaban J connectivity index is 1.50. The highest BCUT2D eigenvalue weighted by atomic mass is 32.2. The molecule has 0 saturated heterocycles. The number of nitrogens with one attached hydrogen (secondary N) is 1. The van der Waals surface area contributed by atoms with Gasteiger partial charge in [0, 0.05) is 0 Å². The summed E-state index contributed by atoms with van der Waals surface area (Å²) in [6.45, 7) is 0. The van der Waals surface area contributed by atoms with Gasteiger partial charge in [-0.3, -0.25) is 4.79 Å². The number of hydrogen-bond acceptors (Lipinski definition) is 4. The molecule has 1 amide bonds. The molecule has 0 fully saturated rings. The molecule has 1 unspecified atom stereocenters. The Kier molecular flexibility index (Phi) is 6.44. The molecule has 0 aromatic heterocycles. The average molecular weight is 496 g/mol. The van der Waals surface area contributed by atoms with Crippen molar-refractivity contribution in [3.8, 4) is 5.75 Å². The lowest BCUT2D eigenvalue weighted by Gasteiger charge is -2.19. The first-order valence-electron chi connectivity index (χ1n) is 11.6. The number of hydrogen-bond donors (Lipinski definition) is 1. The molecule has 5 nitrogen and oxygen atoms in total. The Hall–Kier alpha value is -4.16.